The number of rotatable bonds is 3. The van der Waals surface area contributed by atoms with Crippen LogP contribution < -0.4 is 10.6 Å². The molecule has 2 aromatic carbocycles. The summed E-state index contributed by atoms with van der Waals surface area (Å²) in [5.41, 5.74) is 6.97. The van der Waals surface area contributed by atoms with Gasteiger partial charge in [-0.1, -0.05) is 37.4 Å². The van der Waals surface area contributed by atoms with Gasteiger partial charge in [-0.05, 0) is 43.5 Å². The lowest BCUT2D eigenvalue weighted by atomic mass is 10.0. The Bertz CT molecular complexity index is 1000. The van der Waals surface area contributed by atoms with E-state index in [1.165, 1.54) is 5.56 Å². The number of hydrogen-bond donors (Lipinski definition) is 2. The molecule has 4 rings (SSSR count). The van der Waals surface area contributed by atoms with Crippen LogP contribution in [0.1, 0.15) is 23.5 Å². The first-order valence-electron chi connectivity index (χ1n) is 8.37. The minimum atomic E-state index is 0.736. The Hall–Kier alpha value is -3.14. The number of anilines is 2. The molecule has 0 unspecified atom stereocenters. The molecule has 0 saturated carbocycles. The molecule has 0 fully saturated rings. The number of benzene rings is 2. The van der Waals surface area contributed by atoms with Gasteiger partial charge in [0.1, 0.15) is 5.82 Å². The van der Waals surface area contributed by atoms with E-state index in [4.69, 9.17) is 0 Å². The number of fused-ring (bicyclic) bond motifs is 2. The Kier molecular flexibility index (Phi) is 3.73. The molecule has 0 bridgehead atoms. The van der Waals surface area contributed by atoms with E-state index < -0.39 is 0 Å². The second kappa shape index (κ2) is 6.06. The zero-order valence-electron chi connectivity index (χ0n) is 14.3. The summed E-state index contributed by atoms with van der Waals surface area (Å²) in [6.07, 6.45) is 2.01. The van der Waals surface area contributed by atoms with Crippen LogP contribution in [-0.4, -0.2) is 9.97 Å². The zero-order valence-corrected chi connectivity index (χ0v) is 14.3. The molecule has 3 aromatic rings. The van der Waals surface area contributed by atoms with Crippen molar-refractivity contribution in [1.82, 2.24) is 9.97 Å². The molecule has 4 heteroatoms. The van der Waals surface area contributed by atoms with Gasteiger partial charge in [0.15, 0.2) is 0 Å². The summed E-state index contributed by atoms with van der Waals surface area (Å²) in [6, 6.07) is 14.3. The quantitative estimate of drug-likeness (QED) is 0.718. The zero-order chi connectivity index (χ0) is 17.4. The monoisotopic (exact) mass is 328 g/mol. The van der Waals surface area contributed by atoms with Gasteiger partial charge in [0.25, 0.3) is 0 Å². The molecule has 25 heavy (non-hydrogen) atoms. The van der Waals surface area contributed by atoms with Gasteiger partial charge < -0.3 is 10.6 Å². The molecule has 0 spiro atoms. The van der Waals surface area contributed by atoms with Crippen molar-refractivity contribution < 1.29 is 0 Å². The van der Waals surface area contributed by atoms with E-state index in [1.807, 2.05) is 31.2 Å². The summed E-state index contributed by atoms with van der Waals surface area (Å²) in [6.45, 7) is 10.1. The van der Waals surface area contributed by atoms with E-state index in [9.17, 15) is 0 Å². The van der Waals surface area contributed by atoms with Gasteiger partial charge in [-0.3, -0.25) is 0 Å². The number of para-hydroxylation sites is 1. The van der Waals surface area contributed by atoms with Gasteiger partial charge in [0.05, 0.1) is 16.9 Å². The fraction of sp³-hybridized carbons (Fsp3) is 0.143. The van der Waals surface area contributed by atoms with Gasteiger partial charge in [-0.25, -0.2) is 9.97 Å². The van der Waals surface area contributed by atoms with E-state index in [-0.39, 0.29) is 0 Å². The van der Waals surface area contributed by atoms with Crippen molar-refractivity contribution in [3.8, 4) is 0 Å². The van der Waals surface area contributed by atoms with E-state index in [2.05, 4.69) is 52.0 Å². The third-order valence-corrected chi connectivity index (χ3v) is 4.41. The van der Waals surface area contributed by atoms with Gasteiger partial charge in [-0.2, -0.15) is 0 Å². The van der Waals surface area contributed by atoms with E-state index in [1.54, 1.807) is 0 Å². The lowest BCUT2D eigenvalue weighted by molar-refractivity contribution is 0.919. The molecular formula is C21H20N4. The normalized spacial score (nSPS) is 13.2. The molecule has 1 aliphatic rings. The van der Waals surface area contributed by atoms with E-state index in [0.29, 0.717) is 0 Å². The maximum Gasteiger partial charge on any atom is 0.126 e. The number of aryl methyl sites for hydroxylation is 2. The summed E-state index contributed by atoms with van der Waals surface area (Å²) < 4.78 is 0. The lowest BCUT2D eigenvalue weighted by Gasteiger charge is -2.21. The second-order valence-electron chi connectivity index (χ2n) is 6.34. The minimum Gasteiger partial charge on any atom is -0.359 e. The Morgan fingerprint density at radius 3 is 2.84 bits per heavy atom. The largest absolute Gasteiger partial charge is 0.359 e. The lowest BCUT2D eigenvalue weighted by Crippen LogP contribution is -2.10. The van der Waals surface area contributed by atoms with Gasteiger partial charge >= 0.3 is 0 Å². The molecule has 0 radical (unpaired) electrons. The van der Waals surface area contributed by atoms with E-state index in [0.717, 1.165) is 58.0 Å². The smallest absolute Gasteiger partial charge is 0.126 e. The number of nitrogens with one attached hydrogen (secondary N) is 2. The number of allylic oxidation sites excluding steroid dienone is 1. The molecule has 124 valence electrons. The fourth-order valence-electron chi connectivity index (χ4n) is 3.18. The van der Waals surface area contributed by atoms with Crippen molar-refractivity contribution in [3.63, 3.8) is 0 Å². The summed E-state index contributed by atoms with van der Waals surface area (Å²) in [7, 11) is 0. The van der Waals surface area contributed by atoms with Crippen molar-refractivity contribution in [2.75, 3.05) is 10.6 Å². The fourth-order valence-corrected chi connectivity index (χ4v) is 3.18. The molecular weight excluding hydrogens is 308 g/mol. The molecule has 0 atom stereocenters. The molecule has 0 saturated heterocycles. The van der Waals surface area contributed by atoms with Gasteiger partial charge in [-0.15, -0.1) is 0 Å². The van der Waals surface area contributed by atoms with Crippen molar-refractivity contribution in [1.29, 1.82) is 0 Å². The van der Waals surface area contributed by atoms with Crippen LogP contribution in [0.25, 0.3) is 16.6 Å². The number of aromatic nitrogens is 2. The van der Waals surface area contributed by atoms with Crippen LogP contribution in [0, 0.1) is 6.92 Å². The highest BCUT2D eigenvalue weighted by atomic mass is 15.0. The predicted octanol–water partition coefficient (Wildman–Crippen LogP) is 4.89. The second-order valence-corrected chi connectivity index (χ2v) is 6.34. The Balaban J connectivity index is 1.67. The summed E-state index contributed by atoms with van der Waals surface area (Å²) >= 11 is 0. The van der Waals surface area contributed by atoms with Crippen LogP contribution in [0.2, 0.25) is 0 Å². The van der Waals surface area contributed by atoms with Crippen LogP contribution in [0.15, 0.2) is 61.3 Å². The summed E-state index contributed by atoms with van der Waals surface area (Å²) in [5, 5.41) is 7.75. The third kappa shape index (κ3) is 2.98. The highest BCUT2D eigenvalue weighted by Gasteiger charge is 2.13. The molecule has 1 aliphatic heterocycles. The Morgan fingerprint density at radius 1 is 1.12 bits per heavy atom. The highest BCUT2D eigenvalue weighted by molar-refractivity contribution is 5.92. The molecule has 0 amide bonds. The van der Waals surface area contributed by atoms with Crippen LogP contribution >= 0.6 is 0 Å². The minimum absolute atomic E-state index is 0.736. The molecule has 1 aromatic heterocycles. The third-order valence-electron chi connectivity index (χ3n) is 4.41. The molecule has 2 heterocycles. The molecule has 2 N–H and O–H groups in total. The maximum atomic E-state index is 4.59. The predicted molar refractivity (Wildman–Crippen MR) is 104 cm³/mol. The van der Waals surface area contributed by atoms with Crippen LogP contribution in [0.5, 0.6) is 0 Å². The first-order chi connectivity index (χ1) is 12.1. The van der Waals surface area contributed by atoms with Crippen molar-refractivity contribution in [3.05, 3.63) is 78.4 Å². The van der Waals surface area contributed by atoms with Crippen LogP contribution in [0.3, 0.4) is 0 Å². The Labute approximate surface area is 147 Å². The van der Waals surface area contributed by atoms with Crippen LogP contribution in [0.4, 0.5) is 11.4 Å². The first kappa shape index (κ1) is 15.4. The highest BCUT2D eigenvalue weighted by Crippen LogP contribution is 2.30. The average Bonchev–Trinajstić information content (AvgIpc) is 2.60. The van der Waals surface area contributed by atoms with Crippen molar-refractivity contribution >= 4 is 28.0 Å². The molecule has 0 aliphatic carbocycles. The van der Waals surface area contributed by atoms with Crippen molar-refractivity contribution in [2.45, 2.75) is 19.8 Å². The number of nitrogens with zero attached hydrogens (tertiary/aromatic N) is 2. The molecule has 4 nitrogen and oxygen atoms in total. The van der Waals surface area contributed by atoms with E-state index >= 15 is 0 Å². The van der Waals surface area contributed by atoms with Crippen molar-refractivity contribution in [2.24, 2.45) is 0 Å². The number of hydrogen-bond acceptors (Lipinski definition) is 4. The standard InChI is InChI=1S/C21H20N4/c1-13-8-9-16-10-11-17(12-20(16)22-13)23-14(2)21-18-6-4-5-7-19(18)24-15(3)25-21/h4-7,10-12,22-23H,1-2,8-9H2,3H3. The summed E-state index contributed by atoms with van der Waals surface area (Å²) in [5.74, 6) is 0.736. The SMILES string of the molecule is C=C1CCc2ccc(NC(=C)c3nc(C)nc4ccccc34)cc2N1. The van der Waals surface area contributed by atoms with Gasteiger partial charge in [0, 0.05) is 22.5 Å². The maximum absolute atomic E-state index is 4.59. The summed E-state index contributed by atoms with van der Waals surface area (Å²) in [4.78, 5) is 9.09. The average molecular weight is 328 g/mol. The Morgan fingerprint density at radius 2 is 1.96 bits per heavy atom. The van der Waals surface area contributed by atoms with Crippen LogP contribution in [-0.2, 0) is 6.42 Å². The first-order valence-corrected chi connectivity index (χ1v) is 8.37. The van der Waals surface area contributed by atoms with Gasteiger partial charge in [0.2, 0.25) is 0 Å². The topological polar surface area (TPSA) is 49.8 Å².